The van der Waals surface area contributed by atoms with Crippen LogP contribution >= 0.6 is 0 Å². The van der Waals surface area contributed by atoms with Crippen LogP contribution in [0, 0.1) is 0 Å². The number of carbonyl (C=O) groups is 3. The van der Waals surface area contributed by atoms with Crippen molar-refractivity contribution in [3.8, 4) is 0 Å². The third-order valence-electron chi connectivity index (χ3n) is 4.66. The van der Waals surface area contributed by atoms with Gasteiger partial charge < -0.3 is 23.9 Å². The number of alkyl carbamates (subject to hydrolysis) is 1. The van der Waals surface area contributed by atoms with Crippen LogP contribution in [-0.2, 0) is 20.8 Å². The topological polar surface area (TPSA) is 120 Å². The number of benzene rings is 1. The lowest BCUT2D eigenvalue weighted by molar-refractivity contribution is 0.0501. The molecule has 3 rings (SSSR count). The highest BCUT2D eigenvalue weighted by Crippen LogP contribution is 2.33. The minimum absolute atomic E-state index is 0.0105. The Kier molecular flexibility index (Phi) is 7.01. The molecule has 1 aliphatic rings. The summed E-state index contributed by atoms with van der Waals surface area (Å²) in [7, 11) is 1.24. The van der Waals surface area contributed by atoms with Crippen LogP contribution < -0.4 is 5.32 Å². The number of amides is 2. The van der Waals surface area contributed by atoms with Crippen LogP contribution in [0.5, 0.6) is 0 Å². The molecule has 0 aliphatic carbocycles. The van der Waals surface area contributed by atoms with Crippen LogP contribution in [0.15, 0.2) is 41.0 Å². The van der Waals surface area contributed by atoms with E-state index in [0.29, 0.717) is 6.42 Å². The molecule has 10 nitrogen and oxygen atoms in total. The molecule has 32 heavy (non-hydrogen) atoms. The van der Waals surface area contributed by atoms with Gasteiger partial charge in [-0.3, -0.25) is 4.90 Å². The highest BCUT2D eigenvalue weighted by molar-refractivity contribution is 5.86. The van der Waals surface area contributed by atoms with Crippen LogP contribution in [-0.4, -0.2) is 53.3 Å². The van der Waals surface area contributed by atoms with Crippen molar-refractivity contribution >= 4 is 18.2 Å². The molecule has 0 saturated carbocycles. The highest BCUT2D eigenvalue weighted by Gasteiger charge is 2.41. The van der Waals surface area contributed by atoms with E-state index in [-0.39, 0.29) is 24.7 Å². The normalized spacial score (nSPS) is 18.2. The van der Waals surface area contributed by atoms with Gasteiger partial charge in [-0.1, -0.05) is 30.3 Å². The first kappa shape index (κ1) is 23.1. The summed E-state index contributed by atoms with van der Waals surface area (Å²) in [5, 5.41) is 2.76. The van der Waals surface area contributed by atoms with E-state index in [4.69, 9.17) is 13.9 Å². The first-order chi connectivity index (χ1) is 15.2. The molecule has 0 bridgehead atoms. The standard InChI is InChI=1S/C22H27N3O7/c1-22(2,3)32-20(27)23-15-10-17(18-24-16(13-30-18)19(26)29-4)25(11-15)21(28)31-12-14-8-6-5-7-9-14/h5-9,13,15,17H,10-12H2,1-4H3,(H,23,27)/t15-,17-/m0/s1. The van der Waals surface area contributed by atoms with Crippen LogP contribution in [0.1, 0.15) is 55.2 Å². The average molecular weight is 445 g/mol. The Labute approximate surface area is 185 Å². The van der Waals surface area contributed by atoms with Crippen molar-refractivity contribution in [2.45, 2.75) is 51.5 Å². The molecule has 0 unspecified atom stereocenters. The second-order valence-corrected chi connectivity index (χ2v) is 8.35. The van der Waals surface area contributed by atoms with Crippen molar-refractivity contribution in [2.75, 3.05) is 13.7 Å². The van der Waals surface area contributed by atoms with Gasteiger partial charge in [-0.25, -0.2) is 19.4 Å². The van der Waals surface area contributed by atoms with Gasteiger partial charge >= 0.3 is 18.2 Å². The summed E-state index contributed by atoms with van der Waals surface area (Å²) >= 11 is 0. The molecule has 2 atom stereocenters. The van der Waals surface area contributed by atoms with Gasteiger partial charge in [0.15, 0.2) is 5.69 Å². The molecule has 1 fully saturated rings. The van der Waals surface area contributed by atoms with E-state index in [2.05, 4.69) is 15.0 Å². The number of methoxy groups -OCH3 is 1. The Morgan fingerprint density at radius 2 is 1.94 bits per heavy atom. The maximum atomic E-state index is 12.9. The molecule has 1 saturated heterocycles. The van der Waals surface area contributed by atoms with Crippen LogP contribution in [0.3, 0.4) is 0 Å². The fraction of sp³-hybridized carbons (Fsp3) is 0.455. The number of rotatable bonds is 5. The van der Waals surface area contributed by atoms with Gasteiger partial charge in [-0.15, -0.1) is 0 Å². The SMILES string of the molecule is COC(=O)c1coc([C@@H]2C[C@H](NC(=O)OC(C)(C)C)CN2C(=O)OCc2ccccc2)n1. The number of aromatic nitrogens is 1. The molecule has 0 radical (unpaired) electrons. The zero-order valence-electron chi connectivity index (χ0n) is 18.5. The number of carbonyl (C=O) groups excluding carboxylic acids is 3. The van der Waals surface area contributed by atoms with Crippen molar-refractivity contribution < 1.29 is 33.0 Å². The predicted octanol–water partition coefficient (Wildman–Crippen LogP) is 3.44. The molecule has 0 spiro atoms. The summed E-state index contributed by atoms with van der Waals surface area (Å²) in [5.74, 6) is -0.504. The van der Waals surface area contributed by atoms with Gasteiger partial charge in [0.1, 0.15) is 24.5 Å². The van der Waals surface area contributed by atoms with E-state index >= 15 is 0 Å². The lowest BCUT2D eigenvalue weighted by Gasteiger charge is -2.22. The van der Waals surface area contributed by atoms with Gasteiger partial charge in [-0.2, -0.15) is 0 Å². The average Bonchev–Trinajstić information content (AvgIpc) is 3.38. The van der Waals surface area contributed by atoms with E-state index in [1.165, 1.54) is 18.3 Å². The lowest BCUT2D eigenvalue weighted by Crippen LogP contribution is -2.41. The Morgan fingerprint density at radius 1 is 1.22 bits per heavy atom. The Bertz CT molecular complexity index is 952. The van der Waals surface area contributed by atoms with Crippen LogP contribution in [0.4, 0.5) is 9.59 Å². The third kappa shape index (κ3) is 5.99. The molecule has 1 aromatic carbocycles. The Hall–Kier alpha value is -3.56. The van der Waals surface area contributed by atoms with E-state index in [0.717, 1.165) is 5.56 Å². The van der Waals surface area contributed by atoms with E-state index in [9.17, 15) is 14.4 Å². The minimum atomic E-state index is -0.658. The third-order valence-corrected chi connectivity index (χ3v) is 4.66. The molecule has 2 amide bonds. The molecule has 1 N–H and O–H groups in total. The summed E-state index contributed by atoms with van der Waals surface area (Å²) in [6.45, 7) is 5.54. The summed E-state index contributed by atoms with van der Waals surface area (Å²) in [6, 6.07) is 8.20. The summed E-state index contributed by atoms with van der Waals surface area (Å²) in [6.07, 6.45) is 0.290. The Morgan fingerprint density at radius 3 is 2.59 bits per heavy atom. The van der Waals surface area contributed by atoms with Crippen LogP contribution in [0.25, 0.3) is 0 Å². The zero-order chi connectivity index (χ0) is 23.3. The van der Waals surface area contributed by atoms with E-state index in [1.54, 1.807) is 20.8 Å². The molecule has 1 aliphatic heterocycles. The van der Waals surface area contributed by atoms with Crippen molar-refractivity contribution in [1.82, 2.24) is 15.2 Å². The summed E-state index contributed by atoms with van der Waals surface area (Å²) in [4.78, 5) is 42.4. The van der Waals surface area contributed by atoms with Crippen molar-refractivity contribution in [1.29, 1.82) is 0 Å². The van der Waals surface area contributed by atoms with Gasteiger partial charge in [0.2, 0.25) is 5.89 Å². The molecular formula is C22H27N3O7. The highest BCUT2D eigenvalue weighted by atomic mass is 16.6. The predicted molar refractivity (Wildman–Crippen MR) is 112 cm³/mol. The summed E-state index contributed by atoms with van der Waals surface area (Å²) < 4.78 is 20.9. The maximum Gasteiger partial charge on any atom is 0.410 e. The van der Waals surface area contributed by atoms with Gasteiger partial charge in [-0.05, 0) is 32.8 Å². The fourth-order valence-electron chi connectivity index (χ4n) is 3.29. The first-order valence-electron chi connectivity index (χ1n) is 10.2. The quantitative estimate of drug-likeness (QED) is 0.549. The minimum Gasteiger partial charge on any atom is -0.464 e. The largest absolute Gasteiger partial charge is 0.464 e. The number of hydrogen-bond donors (Lipinski definition) is 1. The molecule has 10 heteroatoms. The van der Waals surface area contributed by atoms with Gasteiger partial charge in [0.25, 0.3) is 0 Å². The molecule has 2 aromatic rings. The van der Waals surface area contributed by atoms with Gasteiger partial charge in [0.05, 0.1) is 13.2 Å². The van der Waals surface area contributed by atoms with Crippen molar-refractivity contribution in [3.05, 3.63) is 53.7 Å². The van der Waals surface area contributed by atoms with E-state index in [1.807, 2.05) is 30.3 Å². The lowest BCUT2D eigenvalue weighted by atomic mass is 10.1. The van der Waals surface area contributed by atoms with Gasteiger partial charge in [0, 0.05) is 6.54 Å². The fourth-order valence-corrected chi connectivity index (χ4v) is 3.29. The number of likely N-dealkylation sites (tertiary alicyclic amines) is 1. The molecule has 172 valence electrons. The number of nitrogens with one attached hydrogen (secondary N) is 1. The smallest absolute Gasteiger partial charge is 0.410 e. The number of nitrogens with zero attached hydrogens (tertiary/aromatic N) is 2. The monoisotopic (exact) mass is 445 g/mol. The second kappa shape index (κ2) is 9.71. The van der Waals surface area contributed by atoms with Crippen LogP contribution in [0.2, 0.25) is 0 Å². The maximum absolute atomic E-state index is 12.9. The van der Waals surface area contributed by atoms with Crippen molar-refractivity contribution in [2.24, 2.45) is 0 Å². The number of ether oxygens (including phenoxy) is 3. The summed E-state index contributed by atoms with van der Waals surface area (Å²) in [5.41, 5.74) is 0.168. The van der Waals surface area contributed by atoms with Crippen molar-refractivity contribution in [3.63, 3.8) is 0 Å². The Balaban J connectivity index is 1.74. The number of hydrogen-bond acceptors (Lipinski definition) is 8. The second-order valence-electron chi connectivity index (χ2n) is 8.35. The molecule has 2 heterocycles. The zero-order valence-corrected chi connectivity index (χ0v) is 18.5. The molecular weight excluding hydrogens is 418 g/mol. The number of esters is 1. The molecule has 1 aromatic heterocycles. The number of oxazole rings is 1. The first-order valence-corrected chi connectivity index (χ1v) is 10.2. The van der Waals surface area contributed by atoms with E-state index < -0.39 is 35.8 Å².